The Balaban J connectivity index is 1.95. The Morgan fingerprint density at radius 2 is 2.11 bits per heavy atom. The second-order valence-electron chi connectivity index (χ2n) is 5.25. The second kappa shape index (κ2) is 6.10. The first kappa shape index (κ1) is 14.6. The van der Waals surface area contributed by atoms with Crippen LogP contribution in [0.25, 0.3) is 0 Å². The van der Waals surface area contributed by atoms with Gasteiger partial charge in [-0.3, -0.25) is 0 Å². The van der Waals surface area contributed by atoms with Crippen molar-refractivity contribution in [3.8, 4) is 0 Å². The Morgan fingerprint density at radius 1 is 1.44 bits per heavy atom. The fourth-order valence-corrected chi connectivity index (χ4v) is 4.29. The van der Waals surface area contributed by atoms with Crippen molar-refractivity contribution in [1.29, 1.82) is 0 Å². The van der Waals surface area contributed by atoms with Gasteiger partial charge in [0.25, 0.3) is 0 Å². The maximum absolute atomic E-state index is 9.57. The van der Waals surface area contributed by atoms with Crippen LogP contribution in [0.4, 0.5) is 0 Å². The minimum Gasteiger partial charge on any atom is -0.396 e. The zero-order valence-electron chi connectivity index (χ0n) is 10.5. The van der Waals surface area contributed by atoms with Gasteiger partial charge in [-0.2, -0.15) is 0 Å². The quantitative estimate of drug-likeness (QED) is 0.852. The number of aliphatic hydroxyl groups excluding tert-OH is 1. The molecule has 1 aromatic rings. The van der Waals surface area contributed by atoms with Gasteiger partial charge < -0.3 is 10.4 Å². The SMILES string of the molecule is CC(NCC1(CO)CCCC1)c1cc(Cl)sc1Cl. The first-order valence-corrected chi connectivity index (χ1v) is 7.92. The summed E-state index contributed by atoms with van der Waals surface area (Å²) < 4.78 is 1.48. The zero-order valence-corrected chi connectivity index (χ0v) is 12.8. The van der Waals surface area contributed by atoms with E-state index < -0.39 is 0 Å². The number of thiophene rings is 1. The monoisotopic (exact) mass is 307 g/mol. The summed E-state index contributed by atoms with van der Waals surface area (Å²) >= 11 is 13.5. The van der Waals surface area contributed by atoms with Gasteiger partial charge >= 0.3 is 0 Å². The molecule has 0 radical (unpaired) electrons. The molecule has 1 fully saturated rings. The predicted octanol–water partition coefficient (Wildman–Crippen LogP) is 4.26. The second-order valence-corrected chi connectivity index (χ2v) is 7.53. The van der Waals surface area contributed by atoms with Crippen molar-refractivity contribution < 1.29 is 5.11 Å². The average molecular weight is 308 g/mol. The van der Waals surface area contributed by atoms with E-state index in [9.17, 15) is 5.11 Å². The van der Waals surface area contributed by atoms with E-state index in [1.165, 1.54) is 24.2 Å². The molecule has 2 nitrogen and oxygen atoms in total. The van der Waals surface area contributed by atoms with Crippen molar-refractivity contribution >= 4 is 34.5 Å². The van der Waals surface area contributed by atoms with Crippen LogP contribution in [0.15, 0.2) is 6.07 Å². The Hall–Kier alpha value is 0.200. The van der Waals surface area contributed by atoms with Crippen LogP contribution in [0.5, 0.6) is 0 Å². The van der Waals surface area contributed by atoms with Gasteiger partial charge in [0.15, 0.2) is 0 Å². The smallest absolute Gasteiger partial charge is 0.0991 e. The van der Waals surface area contributed by atoms with Gasteiger partial charge in [-0.25, -0.2) is 0 Å². The van der Waals surface area contributed by atoms with Crippen molar-refractivity contribution in [2.24, 2.45) is 5.41 Å². The summed E-state index contributed by atoms with van der Waals surface area (Å²) in [5.74, 6) is 0. The zero-order chi connectivity index (χ0) is 13.2. The third kappa shape index (κ3) is 3.20. The van der Waals surface area contributed by atoms with Gasteiger partial charge in [0.1, 0.15) is 0 Å². The summed E-state index contributed by atoms with van der Waals surface area (Å²) in [7, 11) is 0. The van der Waals surface area contributed by atoms with E-state index in [0.717, 1.165) is 33.6 Å². The van der Waals surface area contributed by atoms with Crippen molar-refractivity contribution in [3.05, 3.63) is 20.3 Å². The summed E-state index contributed by atoms with van der Waals surface area (Å²) in [6.45, 7) is 3.20. The Bertz CT molecular complexity index is 402. The lowest BCUT2D eigenvalue weighted by molar-refractivity contribution is 0.125. The molecule has 0 amide bonds. The molecule has 1 aliphatic carbocycles. The first-order valence-electron chi connectivity index (χ1n) is 6.35. The molecule has 1 saturated carbocycles. The van der Waals surface area contributed by atoms with Crippen LogP contribution in [0.3, 0.4) is 0 Å². The molecule has 2 N–H and O–H groups in total. The summed E-state index contributed by atoms with van der Waals surface area (Å²) in [6, 6.07) is 2.09. The Kier molecular flexibility index (Phi) is 4.95. The molecule has 1 atom stereocenters. The summed E-state index contributed by atoms with van der Waals surface area (Å²) in [6.07, 6.45) is 4.67. The fraction of sp³-hybridized carbons (Fsp3) is 0.692. The largest absolute Gasteiger partial charge is 0.396 e. The first-order chi connectivity index (χ1) is 8.56. The highest BCUT2D eigenvalue weighted by molar-refractivity contribution is 7.20. The van der Waals surface area contributed by atoms with Gasteiger partial charge in [0.05, 0.1) is 8.67 Å². The standard InChI is InChI=1S/C13H19Cl2NOS/c1-9(10-6-11(14)18-12(10)15)16-7-13(8-17)4-2-3-5-13/h6,9,16-17H,2-5,7-8H2,1H3. The highest BCUT2D eigenvalue weighted by atomic mass is 35.5. The molecule has 1 heterocycles. The molecular formula is C13H19Cl2NOS. The summed E-state index contributed by atoms with van der Waals surface area (Å²) in [5.41, 5.74) is 1.12. The van der Waals surface area contributed by atoms with Crippen molar-refractivity contribution in [2.45, 2.75) is 38.6 Å². The third-order valence-electron chi connectivity index (χ3n) is 3.93. The molecule has 1 aliphatic rings. The van der Waals surface area contributed by atoms with E-state index in [1.807, 2.05) is 6.07 Å². The van der Waals surface area contributed by atoms with E-state index in [0.29, 0.717) is 0 Å². The summed E-state index contributed by atoms with van der Waals surface area (Å²) in [4.78, 5) is 0. The maximum Gasteiger partial charge on any atom is 0.0991 e. The molecule has 0 saturated heterocycles. The lowest BCUT2D eigenvalue weighted by Crippen LogP contribution is -2.36. The van der Waals surface area contributed by atoms with Crippen molar-refractivity contribution in [2.75, 3.05) is 13.2 Å². The fourth-order valence-electron chi connectivity index (χ4n) is 2.64. The van der Waals surface area contributed by atoms with Crippen LogP contribution >= 0.6 is 34.5 Å². The lowest BCUT2D eigenvalue weighted by Gasteiger charge is -2.28. The van der Waals surface area contributed by atoms with Crippen molar-refractivity contribution in [3.63, 3.8) is 0 Å². The average Bonchev–Trinajstić information content (AvgIpc) is 2.94. The van der Waals surface area contributed by atoms with Crippen LogP contribution in [0.1, 0.15) is 44.2 Å². The van der Waals surface area contributed by atoms with Gasteiger partial charge in [0, 0.05) is 24.6 Å². The lowest BCUT2D eigenvalue weighted by atomic mass is 9.87. The molecule has 18 heavy (non-hydrogen) atoms. The number of halogens is 2. The normalized spacial score (nSPS) is 20.2. The van der Waals surface area contributed by atoms with Crippen LogP contribution in [0, 0.1) is 5.41 Å². The Labute approximate surface area is 122 Å². The third-order valence-corrected chi connectivity index (χ3v) is 5.45. The van der Waals surface area contributed by atoms with Crippen LogP contribution in [-0.2, 0) is 0 Å². The Morgan fingerprint density at radius 3 is 2.61 bits per heavy atom. The van der Waals surface area contributed by atoms with Crippen LogP contribution < -0.4 is 5.32 Å². The van der Waals surface area contributed by atoms with Gasteiger partial charge in [-0.1, -0.05) is 36.0 Å². The number of hydrogen-bond acceptors (Lipinski definition) is 3. The van der Waals surface area contributed by atoms with Gasteiger partial charge in [0.2, 0.25) is 0 Å². The van der Waals surface area contributed by atoms with E-state index in [1.54, 1.807) is 0 Å². The van der Waals surface area contributed by atoms with Gasteiger partial charge in [-0.05, 0) is 31.4 Å². The maximum atomic E-state index is 9.57. The molecule has 0 bridgehead atoms. The number of hydrogen-bond donors (Lipinski definition) is 2. The van der Waals surface area contributed by atoms with E-state index in [4.69, 9.17) is 23.2 Å². The van der Waals surface area contributed by atoms with E-state index >= 15 is 0 Å². The van der Waals surface area contributed by atoms with E-state index in [-0.39, 0.29) is 18.1 Å². The molecule has 5 heteroatoms. The molecule has 2 rings (SSSR count). The minimum absolute atomic E-state index is 0.0700. The molecule has 0 aromatic carbocycles. The molecule has 0 spiro atoms. The molecule has 102 valence electrons. The number of nitrogens with one attached hydrogen (secondary N) is 1. The highest BCUT2D eigenvalue weighted by Gasteiger charge is 2.33. The summed E-state index contributed by atoms with van der Waals surface area (Å²) in [5, 5.41) is 13.1. The molecular weight excluding hydrogens is 289 g/mol. The number of rotatable bonds is 5. The van der Waals surface area contributed by atoms with Crippen molar-refractivity contribution in [1.82, 2.24) is 5.32 Å². The predicted molar refractivity (Wildman–Crippen MR) is 78.7 cm³/mol. The molecule has 0 aliphatic heterocycles. The number of aliphatic hydroxyl groups is 1. The topological polar surface area (TPSA) is 32.3 Å². The van der Waals surface area contributed by atoms with Crippen LogP contribution in [0.2, 0.25) is 8.67 Å². The highest BCUT2D eigenvalue weighted by Crippen LogP contribution is 2.39. The molecule has 1 unspecified atom stereocenters. The van der Waals surface area contributed by atoms with E-state index in [2.05, 4.69) is 12.2 Å². The van der Waals surface area contributed by atoms with Gasteiger partial charge in [-0.15, -0.1) is 11.3 Å². The van der Waals surface area contributed by atoms with Crippen LogP contribution in [-0.4, -0.2) is 18.3 Å². The minimum atomic E-state index is 0.0700. The molecule has 1 aromatic heterocycles.